The molecule has 0 aromatic heterocycles. The Bertz CT molecular complexity index is 625. The smallest absolute Gasteiger partial charge is 0.127 e. The van der Waals surface area contributed by atoms with Crippen LogP contribution in [0.1, 0.15) is 11.1 Å². The lowest BCUT2D eigenvalue weighted by Crippen LogP contribution is -2.34. The van der Waals surface area contributed by atoms with E-state index in [4.69, 9.17) is 0 Å². The van der Waals surface area contributed by atoms with Gasteiger partial charge in [-0.05, 0) is 41.8 Å². The Balaban J connectivity index is 2.48. The van der Waals surface area contributed by atoms with Gasteiger partial charge in [0.25, 0.3) is 0 Å². The van der Waals surface area contributed by atoms with Gasteiger partial charge in [-0.1, -0.05) is 66.0 Å². The van der Waals surface area contributed by atoms with E-state index in [2.05, 4.69) is 47.8 Å². The molecule has 2 aromatic carbocycles. The molecular formula is C16H13Br3F2. The fourth-order valence-electron chi connectivity index (χ4n) is 2.30. The van der Waals surface area contributed by atoms with Gasteiger partial charge in [-0.2, -0.15) is 0 Å². The zero-order valence-electron chi connectivity index (χ0n) is 11.1. The third-order valence-corrected chi connectivity index (χ3v) is 6.13. The lowest BCUT2D eigenvalue weighted by molar-refractivity contribution is 0.487. The van der Waals surface area contributed by atoms with E-state index in [-0.39, 0.29) is 11.6 Å². The third-order valence-electron chi connectivity index (χ3n) is 3.49. The highest BCUT2D eigenvalue weighted by atomic mass is 79.9. The van der Waals surface area contributed by atoms with Gasteiger partial charge < -0.3 is 0 Å². The van der Waals surface area contributed by atoms with E-state index < -0.39 is 5.41 Å². The predicted molar refractivity (Wildman–Crippen MR) is 93.5 cm³/mol. The monoisotopic (exact) mass is 480 g/mol. The highest BCUT2D eigenvalue weighted by molar-refractivity contribution is 9.10. The molecule has 0 aliphatic carbocycles. The number of halogens is 5. The summed E-state index contributed by atoms with van der Waals surface area (Å²) in [6.45, 7) is 0. The van der Waals surface area contributed by atoms with E-state index in [0.717, 1.165) is 4.47 Å². The van der Waals surface area contributed by atoms with Gasteiger partial charge in [0.05, 0.1) is 0 Å². The van der Waals surface area contributed by atoms with Gasteiger partial charge in [-0.25, -0.2) is 8.78 Å². The van der Waals surface area contributed by atoms with Crippen LogP contribution in [0.25, 0.3) is 0 Å². The molecule has 5 heteroatoms. The molecule has 2 rings (SSSR count). The summed E-state index contributed by atoms with van der Waals surface area (Å²) in [5.74, 6) is -0.549. The number of hydrogen-bond acceptors (Lipinski definition) is 0. The fourth-order valence-corrected chi connectivity index (χ4v) is 4.64. The molecule has 0 heterocycles. The number of benzene rings is 2. The van der Waals surface area contributed by atoms with E-state index in [1.807, 2.05) is 0 Å². The first-order valence-corrected chi connectivity index (χ1v) is 9.37. The molecule has 2 aromatic rings. The molecular weight excluding hydrogens is 470 g/mol. The minimum Gasteiger partial charge on any atom is -0.207 e. The Morgan fingerprint density at radius 3 is 2.19 bits per heavy atom. The summed E-state index contributed by atoms with van der Waals surface area (Å²) >= 11 is 10.3. The first-order valence-electron chi connectivity index (χ1n) is 6.33. The summed E-state index contributed by atoms with van der Waals surface area (Å²) in [5, 5.41) is 1.05. The minimum atomic E-state index is -0.549. The van der Waals surface area contributed by atoms with Crippen molar-refractivity contribution in [1.82, 2.24) is 0 Å². The highest BCUT2D eigenvalue weighted by Crippen LogP contribution is 2.35. The van der Waals surface area contributed by atoms with E-state index in [0.29, 0.717) is 28.2 Å². The highest BCUT2D eigenvalue weighted by Gasteiger charge is 2.33. The minimum absolute atomic E-state index is 0.271. The van der Waals surface area contributed by atoms with Crippen LogP contribution < -0.4 is 0 Å². The number of hydrogen-bond donors (Lipinski definition) is 0. The van der Waals surface area contributed by atoms with Crippen LogP contribution in [0, 0.1) is 11.6 Å². The van der Waals surface area contributed by atoms with Gasteiger partial charge in [0.2, 0.25) is 0 Å². The van der Waals surface area contributed by atoms with Crippen molar-refractivity contribution in [3.05, 3.63) is 69.7 Å². The van der Waals surface area contributed by atoms with Crippen LogP contribution in [0.2, 0.25) is 0 Å². The molecule has 0 amide bonds. The van der Waals surface area contributed by atoms with Gasteiger partial charge in [-0.15, -0.1) is 0 Å². The average molecular weight is 483 g/mol. The molecule has 0 nitrogen and oxygen atoms in total. The Labute approximate surface area is 148 Å². The molecule has 0 N–H and O–H groups in total. The molecule has 21 heavy (non-hydrogen) atoms. The van der Waals surface area contributed by atoms with Gasteiger partial charge in [0.1, 0.15) is 11.6 Å². The van der Waals surface area contributed by atoms with E-state index in [1.165, 1.54) is 12.1 Å². The summed E-state index contributed by atoms with van der Waals surface area (Å²) in [6.07, 6.45) is 0.399. The van der Waals surface area contributed by atoms with Crippen molar-refractivity contribution in [2.75, 3.05) is 10.7 Å². The maximum Gasteiger partial charge on any atom is 0.127 e. The van der Waals surface area contributed by atoms with Gasteiger partial charge in [0.15, 0.2) is 0 Å². The largest absolute Gasteiger partial charge is 0.207 e. The summed E-state index contributed by atoms with van der Waals surface area (Å²) in [4.78, 5) is 0. The predicted octanol–water partition coefficient (Wildman–Crippen LogP) is 6.00. The van der Waals surface area contributed by atoms with Crippen LogP contribution >= 0.6 is 47.8 Å². The SMILES string of the molecule is Fc1ccc(Br)cc1CC(CBr)(CBr)c1ccccc1F. The Morgan fingerprint density at radius 2 is 1.57 bits per heavy atom. The lowest BCUT2D eigenvalue weighted by atomic mass is 9.78. The first-order chi connectivity index (χ1) is 10.0. The quantitative estimate of drug-likeness (QED) is 0.459. The molecule has 112 valence electrons. The maximum atomic E-state index is 14.2. The summed E-state index contributed by atoms with van der Waals surface area (Å²) in [6, 6.07) is 11.5. The van der Waals surface area contributed by atoms with Crippen LogP contribution in [-0.4, -0.2) is 10.7 Å². The number of rotatable bonds is 5. The first kappa shape index (κ1) is 17.1. The van der Waals surface area contributed by atoms with Crippen molar-refractivity contribution in [1.29, 1.82) is 0 Å². The van der Waals surface area contributed by atoms with Gasteiger partial charge in [0, 0.05) is 20.5 Å². The van der Waals surface area contributed by atoms with Crippen LogP contribution in [0.15, 0.2) is 46.9 Å². The molecule has 0 fully saturated rings. The van der Waals surface area contributed by atoms with Crippen LogP contribution in [0.3, 0.4) is 0 Å². The number of alkyl halides is 2. The molecule has 0 atom stereocenters. The van der Waals surface area contributed by atoms with Crippen molar-refractivity contribution < 1.29 is 8.78 Å². The van der Waals surface area contributed by atoms with Gasteiger partial charge in [-0.3, -0.25) is 0 Å². The van der Waals surface area contributed by atoms with Crippen molar-refractivity contribution in [2.45, 2.75) is 11.8 Å². The molecule has 0 unspecified atom stereocenters. The van der Waals surface area contributed by atoms with Crippen LogP contribution in [0.5, 0.6) is 0 Å². The maximum absolute atomic E-state index is 14.2. The van der Waals surface area contributed by atoms with Gasteiger partial charge >= 0.3 is 0 Å². The second-order valence-corrected chi connectivity index (χ2v) is 6.98. The molecule has 0 aliphatic rings. The topological polar surface area (TPSA) is 0 Å². The lowest BCUT2D eigenvalue weighted by Gasteiger charge is -2.31. The van der Waals surface area contributed by atoms with Crippen LogP contribution in [-0.2, 0) is 11.8 Å². The Morgan fingerprint density at radius 1 is 0.905 bits per heavy atom. The average Bonchev–Trinajstić information content (AvgIpc) is 2.49. The normalized spacial score (nSPS) is 11.7. The summed E-state index contributed by atoms with van der Waals surface area (Å²) < 4.78 is 29.1. The van der Waals surface area contributed by atoms with Crippen molar-refractivity contribution in [3.8, 4) is 0 Å². The second-order valence-electron chi connectivity index (χ2n) is 4.94. The summed E-state index contributed by atoms with van der Waals surface area (Å²) in [7, 11) is 0. The van der Waals surface area contributed by atoms with Crippen molar-refractivity contribution in [3.63, 3.8) is 0 Å². The summed E-state index contributed by atoms with van der Waals surface area (Å²) in [5.41, 5.74) is 0.595. The molecule has 0 spiro atoms. The van der Waals surface area contributed by atoms with Crippen LogP contribution in [0.4, 0.5) is 8.78 Å². The zero-order chi connectivity index (χ0) is 15.5. The molecule has 0 bridgehead atoms. The Hall–Kier alpha value is -0.260. The standard InChI is InChI=1S/C16H13Br3F2/c17-9-16(10-18,13-3-1-2-4-15(13)21)8-11-7-12(19)5-6-14(11)20/h1-7H,8-10H2. The zero-order valence-corrected chi connectivity index (χ0v) is 15.8. The molecule has 0 saturated heterocycles. The van der Waals surface area contributed by atoms with E-state index in [1.54, 1.807) is 30.3 Å². The molecule has 0 aliphatic heterocycles. The van der Waals surface area contributed by atoms with Crippen molar-refractivity contribution >= 4 is 47.8 Å². The second kappa shape index (κ2) is 7.34. The molecule has 0 radical (unpaired) electrons. The van der Waals surface area contributed by atoms with Crippen molar-refractivity contribution in [2.24, 2.45) is 0 Å². The fraction of sp³-hybridized carbons (Fsp3) is 0.250. The third kappa shape index (κ3) is 3.74. The van der Waals surface area contributed by atoms with E-state index in [9.17, 15) is 8.78 Å². The molecule has 0 saturated carbocycles. The Kier molecular flexibility index (Phi) is 5.97. The van der Waals surface area contributed by atoms with E-state index >= 15 is 0 Å².